The van der Waals surface area contributed by atoms with Gasteiger partial charge in [0, 0.05) is 39.0 Å². The molecule has 0 saturated carbocycles. The Morgan fingerprint density at radius 1 is 1.13 bits per heavy atom. The van der Waals surface area contributed by atoms with Gasteiger partial charge >= 0.3 is 0 Å². The normalized spacial score (nSPS) is 28.1. The van der Waals surface area contributed by atoms with Crippen molar-refractivity contribution < 1.29 is 19.5 Å². The van der Waals surface area contributed by atoms with Crippen LogP contribution in [0.25, 0.3) is 0 Å². The predicted octanol–water partition coefficient (Wildman–Crippen LogP) is 1.09. The van der Waals surface area contributed by atoms with Crippen molar-refractivity contribution in [1.29, 1.82) is 0 Å². The predicted molar refractivity (Wildman–Crippen MR) is 111 cm³/mol. The van der Waals surface area contributed by atoms with Gasteiger partial charge in [-0.05, 0) is 42.2 Å². The maximum atomic E-state index is 13.1. The molecule has 0 aromatic heterocycles. The van der Waals surface area contributed by atoms with E-state index in [1.807, 2.05) is 34.1 Å². The molecule has 0 spiro atoms. The number of amides is 3. The molecule has 4 rings (SSSR count). The second-order valence-corrected chi connectivity index (χ2v) is 8.97. The first-order chi connectivity index (χ1) is 14.5. The van der Waals surface area contributed by atoms with E-state index in [2.05, 4.69) is 5.32 Å². The first kappa shape index (κ1) is 20.8. The summed E-state index contributed by atoms with van der Waals surface area (Å²) in [6.07, 6.45) is 3.81. The molecule has 0 aliphatic carbocycles. The number of carbonyl (C=O) groups excluding carboxylic acids is 3. The molecule has 0 radical (unpaired) electrons. The Hall–Kier alpha value is -2.41. The SMILES string of the molecule is CC(=O)NC[C@H]1[C@H]2C[C@H](CN(C(=O)Cc3ccc(CO)cc3)C2)[C@@H]2CCCC(=O)N21. The Labute approximate surface area is 177 Å². The molecule has 1 aromatic carbocycles. The molecule has 30 heavy (non-hydrogen) atoms. The van der Waals surface area contributed by atoms with E-state index in [0.29, 0.717) is 38.4 Å². The number of rotatable bonds is 5. The number of piperidine rings is 3. The zero-order valence-corrected chi connectivity index (χ0v) is 17.5. The van der Waals surface area contributed by atoms with Crippen LogP contribution < -0.4 is 5.32 Å². The lowest BCUT2D eigenvalue weighted by Gasteiger charge is -2.56. The van der Waals surface area contributed by atoms with E-state index in [-0.39, 0.29) is 42.3 Å². The third kappa shape index (κ3) is 4.21. The van der Waals surface area contributed by atoms with Crippen molar-refractivity contribution in [2.24, 2.45) is 11.8 Å². The van der Waals surface area contributed by atoms with Gasteiger partial charge < -0.3 is 20.2 Å². The molecule has 3 fully saturated rings. The van der Waals surface area contributed by atoms with Crippen LogP contribution in [-0.2, 0) is 27.4 Å². The highest BCUT2D eigenvalue weighted by atomic mass is 16.3. The molecular formula is C23H31N3O4. The minimum absolute atomic E-state index is 0.00396. The Bertz CT molecular complexity index is 809. The number of likely N-dealkylation sites (tertiary alicyclic amines) is 1. The average molecular weight is 414 g/mol. The number of fused-ring (bicyclic) bond motifs is 4. The number of aliphatic hydroxyl groups excluding tert-OH is 1. The van der Waals surface area contributed by atoms with Gasteiger partial charge in [0.15, 0.2) is 0 Å². The van der Waals surface area contributed by atoms with Crippen molar-refractivity contribution in [3.63, 3.8) is 0 Å². The van der Waals surface area contributed by atoms with Gasteiger partial charge in [0.05, 0.1) is 19.1 Å². The molecule has 162 valence electrons. The second kappa shape index (κ2) is 8.76. The van der Waals surface area contributed by atoms with Crippen molar-refractivity contribution in [3.8, 4) is 0 Å². The van der Waals surface area contributed by atoms with Crippen LogP contribution in [0, 0.1) is 11.8 Å². The number of carbonyl (C=O) groups is 3. The van der Waals surface area contributed by atoms with Gasteiger partial charge in [-0.2, -0.15) is 0 Å². The average Bonchev–Trinajstić information content (AvgIpc) is 2.74. The smallest absolute Gasteiger partial charge is 0.227 e. The van der Waals surface area contributed by atoms with Crippen molar-refractivity contribution in [3.05, 3.63) is 35.4 Å². The zero-order valence-electron chi connectivity index (χ0n) is 17.5. The molecule has 3 saturated heterocycles. The Morgan fingerprint density at radius 2 is 1.83 bits per heavy atom. The van der Waals surface area contributed by atoms with Gasteiger partial charge in [0.1, 0.15) is 0 Å². The van der Waals surface area contributed by atoms with E-state index in [9.17, 15) is 19.5 Å². The van der Waals surface area contributed by atoms with Crippen LogP contribution in [0.5, 0.6) is 0 Å². The van der Waals surface area contributed by atoms with Crippen LogP contribution in [-0.4, -0.2) is 64.3 Å². The molecule has 3 aliphatic heterocycles. The summed E-state index contributed by atoms with van der Waals surface area (Å²) in [5.74, 6) is 0.709. The Balaban J connectivity index is 1.49. The number of benzene rings is 1. The maximum absolute atomic E-state index is 13.1. The van der Waals surface area contributed by atoms with E-state index in [0.717, 1.165) is 30.4 Å². The minimum atomic E-state index is -0.0896. The summed E-state index contributed by atoms with van der Waals surface area (Å²) in [5.41, 5.74) is 1.78. The minimum Gasteiger partial charge on any atom is -0.392 e. The van der Waals surface area contributed by atoms with E-state index >= 15 is 0 Å². The fourth-order valence-electron chi connectivity index (χ4n) is 5.54. The fraction of sp³-hybridized carbons (Fsp3) is 0.609. The molecule has 0 unspecified atom stereocenters. The van der Waals surface area contributed by atoms with Crippen molar-refractivity contribution >= 4 is 17.7 Å². The summed E-state index contributed by atoms with van der Waals surface area (Å²) in [6, 6.07) is 7.62. The number of nitrogens with one attached hydrogen (secondary N) is 1. The molecule has 2 bridgehead atoms. The van der Waals surface area contributed by atoms with E-state index in [1.165, 1.54) is 6.92 Å². The number of nitrogens with zero attached hydrogens (tertiary/aromatic N) is 2. The third-order valence-electron chi connectivity index (χ3n) is 6.97. The lowest BCUT2D eigenvalue weighted by molar-refractivity contribution is -0.156. The first-order valence-electron chi connectivity index (χ1n) is 11.0. The lowest BCUT2D eigenvalue weighted by Crippen LogP contribution is -2.67. The fourth-order valence-corrected chi connectivity index (χ4v) is 5.54. The maximum Gasteiger partial charge on any atom is 0.227 e. The molecule has 1 aromatic rings. The number of aliphatic hydroxyl groups is 1. The molecule has 4 atom stereocenters. The molecule has 2 N–H and O–H groups in total. The topological polar surface area (TPSA) is 90.0 Å². The number of hydrogen-bond acceptors (Lipinski definition) is 4. The highest BCUT2D eigenvalue weighted by Gasteiger charge is 2.49. The quantitative estimate of drug-likeness (QED) is 0.756. The standard InChI is InChI=1S/C23H31N3O4/c1-15(28)24-11-21-19-10-18(20-3-2-4-22(29)26(20)21)12-25(13-19)23(30)9-16-5-7-17(14-27)8-6-16/h5-8,18-21,27H,2-4,9-14H2,1H3,(H,24,28)/t18-,19+,20+,21+/m1/s1. The summed E-state index contributed by atoms with van der Waals surface area (Å²) in [6.45, 7) is 3.28. The van der Waals surface area contributed by atoms with Gasteiger partial charge in [-0.3, -0.25) is 14.4 Å². The van der Waals surface area contributed by atoms with Crippen LogP contribution in [0.15, 0.2) is 24.3 Å². The van der Waals surface area contributed by atoms with E-state index in [4.69, 9.17) is 0 Å². The summed E-state index contributed by atoms with van der Waals surface area (Å²) in [7, 11) is 0. The molecule has 7 nitrogen and oxygen atoms in total. The highest BCUT2D eigenvalue weighted by molar-refractivity contribution is 5.80. The Morgan fingerprint density at radius 3 is 2.53 bits per heavy atom. The van der Waals surface area contributed by atoms with Crippen molar-refractivity contribution in [2.45, 2.75) is 57.7 Å². The van der Waals surface area contributed by atoms with Gasteiger partial charge in [-0.25, -0.2) is 0 Å². The van der Waals surface area contributed by atoms with Crippen LogP contribution in [0.1, 0.15) is 43.7 Å². The summed E-state index contributed by atoms with van der Waals surface area (Å²) in [5, 5.41) is 12.1. The third-order valence-corrected chi connectivity index (χ3v) is 6.97. The molecule has 3 amide bonds. The summed E-state index contributed by atoms with van der Waals surface area (Å²) in [4.78, 5) is 41.4. The van der Waals surface area contributed by atoms with Gasteiger partial charge in [0.25, 0.3) is 0 Å². The Kier molecular flexibility index (Phi) is 6.09. The summed E-state index contributed by atoms with van der Waals surface area (Å²) >= 11 is 0. The van der Waals surface area contributed by atoms with Crippen molar-refractivity contribution in [1.82, 2.24) is 15.1 Å². The summed E-state index contributed by atoms with van der Waals surface area (Å²) < 4.78 is 0. The molecule has 3 aliphatic rings. The second-order valence-electron chi connectivity index (χ2n) is 8.97. The molecule has 3 heterocycles. The van der Waals surface area contributed by atoms with Gasteiger partial charge in [-0.15, -0.1) is 0 Å². The number of hydrogen-bond donors (Lipinski definition) is 2. The van der Waals surface area contributed by atoms with Gasteiger partial charge in [-0.1, -0.05) is 24.3 Å². The van der Waals surface area contributed by atoms with Crippen LogP contribution in [0.4, 0.5) is 0 Å². The lowest BCUT2D eigenvalue weighted by atomic mass is 9.72. The zero-order chi connectivity index (χ0) is 21.3. The van der Waals surface area contributed by atoms with Crippen LogP contribution in [0.3, 0.4) is 0 Å². The van der Waals surface area contributed by atoms with Crippen molar-refractivity contribution in [2.75, 3.05) is 19.6 Å². The van der Waals surface area contributed by atoms with Crippen LogP contribution >= 0.6 is 0 Å². The van der Waals surface area contributed by atoms with Crippen LogP contribution in [0.2, 0.25) is 0 Å². The van der Waals surface area contributed by atoms with E-state index < -0.39 is 0 Å². The molecule has 7 heteroatoms. The molecular weight excluding hydrogens is 382 g/mol. The van der Waals surface area contributed by atoms with E-state index in [1.54, 1.807) is 0 Å². The highest BCUT2D eigenvalue weighted by Crippen LogP contribution is 2.41. The largest absolute Gasteiger partial charge is 0.392 e. The first-order valence-corrected chi connectivity index (χ1v) is 11.0. The monoisotopic (exact) mass is 413 g/mol. The van der Waals surface area contributed by atoms with Gasteiger partial charge in [0.2, 0.25) is 17.7 Å².